The fourth-order valence-electron chi connectivity index (χ4n) is 2.90. The monoisotopic (exact) mass is 320 g/mol. The van der Waals surface area contributed by atoms with Gasteiger partial charge in [0.2, 0.25) is 0 Å². The van der Waals surface area contributed by atoms with Crippen LogP contribution in [0.4, 0.5) is 4.79 Å². The fraction of sp³-hybridized carbons (Fsp3) is 0.611. The van der Waals surface area contributed by atoms with Crippen molar-refractivity contribution in [3.05, 3.63) is 29.8 Å². The van der Waals surface area contributed by atoms with Crippen molar-refractivity contribution in [3.8, 4) is 5.75 Å². The van der Waals surface area contributed by atoms with E-state index in [1.54, 1.807) is 14.0 Å². The van der Waals surface area contributed by atoms with E-state index in [1.165, 1.54) is 24.2 Å². The molecule has 0 spiro atoms. The molecule has 1 aromatic carbocycles. The summed E-state index contributed by atoms with van der Waals surface area (Å²) in [6.45, 7) is 2.43. The maximum Gasteiger partial charge on any atom is 0.317 e. The summed E-state index contributed by atoms with van der Waals surface area (Å²) >= 11 is 0. The Labute approximate surface area is 138 Å². The third-order valence-corrected chi connectivity index (χ3v) is 4.08. The highest BCUT2D eigenvalue weighted by atomic mass is 16.5. The molecule has 1 aliphatic rings. The SMILES string of the molecule is CC(O)CN(C)C(=O)NCc1cccc(OC2CCCCC2)c1. The van der Waals surface area contributed by atoms with E-state index in [0.29, 0.717) is 19.2 Å². The van der Waals surface area contributed by atoms with Crippen LogP contribution in [-0.2, 0) is 6.54 Å². The number of ether oxygens (including phenoxy) is 1. The summed E-state index contributed by atoms with van der Waals surface area (Å²) in [5.74, 6) is 0.876. The number of benzene rings is 1. The molecule has 1 aliphatic carbocycles. The number of hydrogen-bond donors (Lipinski definition) is 2. The van der Waals surface area contributed by atoms with Gasteiger partial charge < -0.3 is 20.1 Å². The summed E-state index contributed by atoms with van der Waals surface area (Å²) in [5.41, 5.74) is 1.01. The van der Waals surface area contributed by atoms with Crippen LogP contribution in [0.3, 0.4) is 0 Å². The van der Waals surface area contributed by atoms with Crippen LogP contribution in [0, 0.1) is 0 Å². The molecule has 1 fully saturated rings. The smallest absolute Gasteiger partial charge is 0.317 e. The number of aliphatic hydroxyl groups is 1. The third-order valence-electron chi connectivity index (χ3n) is 4.08. The van der Waals surface area contributed by atoms with Crippen LogP contribution in [0.25, 0.3) is 0 Å². The first-order valence-electron chi connectivity index (χ1n) is 8.47. The van der Waals surface area contributed by atoms with Crippen LogP contribution < -0.4 is 10.1 Å². The zero-order valence-corrected chi connectivity index (χ0v) is 14.1. The predicted octanol–water partition coefficient (Wildman–Crippen LogP) is 2.92. The highest BCUT2D eigenvalue weighted by Gasteiger charge is 2.15. The standard InChI is InChI=1S/C18H28N2O3/c1-14(21)13-20(2)18(22)19-12-15-7-6-10-17(11-15)23-16-8-4-3-5-9-16/h6-7,10-11,14,16,21H,3-5,8-9,12-13H2,1-2H3,(H,19,22). The molecule has 5 heteroatoms. The maximum absolute atomic E-state index is 11.9. The molecule has 2 amide bonds. The van der Waals surface area contributed by atoms with Crippen LogP contribution >= 0.6 is 0 Å². The van der Waals surface area contributed by atoms with Crippen LogP contribution in [0.1, 0.15) is 44.6 Å². The first-order chi connectivity index (χ1) is 11.0. The Morgan fingerprint density at radius 1 is 1.39 bits per heavy atom. The molecule has 0 radical (unpaired) electrons. The summed E-state index contributed by atoms with van der Waals surface area (Å²) in [6, 6.07) is 7.70. The molecule has 0 bridgehead atoms. The minimum Gasteiger partial charge on any atom is -0.490 e. The molecule has 1 aromatic rings. The van der Waals surface area contributed by atoms with Crippen LogP contribution in [-0.4, -0.2) is 41.8 Å². The molecule has 2 N–H and O–H groups in total. The van der Waals surface area contributed by atoms with Gasteiger partial charge in [0.15, 0.2) is 0 Å². The molecule has 2 rings (SSSR count). The van der Waals surface area contributed by atoms with Crippen molar-refractivity contribution in [1.29, 1.82) is 0 Å². The Kier molecular flexibility index (Phi) is 6.71. The zero-order chi connectivity index (χ0) is 16.7. The van der Waals surface area contributed by atoms with E-state index < -0.39 is 6.10 Å². The fourth-order valence-corrected chi connectivity index (χ4v) is 2.90. The summed E-state index contributed by atoms with van der Waals surface area (Å²) in [5, 5.41) is 12.2. The van der Waals surface area contributed by atoms with Gasteiger partial charge in [-0.15, -0.1) is 0 Å². The minimum absolute atomic E-state index is 0.190. The van der Waals surface area contributed by atoms with E-state index in [-0.39, 0.29) is 6.03 Å². The van der Waals surface area contributed by atoms with Crippen molar-refractivity contribution < 1.29 is 14.6 Å². The van der Waals surface area contributed by atoms with Crippen LogP contribution in [0.5, 0.6) is 5.75 Å². The molecule has 1 saturated carbocycles. The average molecular weight is 320 g/mol. The van der Waals surface area contributed by atoms with Gasteiger partial charge in [-0.3, -0.25) is 0 Å². The zero-order valence-electron chi connectivity index (χ0n) is 14.1. The molecule has 5 nitrogen and oxygen atoms in total. The van der Waals surface area contributed by atoms with Crippen LogP contribution in [0.15, 0.2) is 24.3 Å². The Hall–Kier alpha value is -1.75. The lowest BCUT2D eigenvalue weighted by Gasteiger charge is -2.23. The van der Waals surface area contributed by atoms with Gasteiger partial charge in [-0.05, 0) is 50.3 Å². The van der Waals surface area contributed by atoms with E-state index in [1.807, 2.05) is 24.3 Å². The second kappa shape index (κ2) is 8.77. The first kappa shape index (κ1) is 17.6. The lowest BCUT2D eigenvalue weighted by atomic mass is 9.98. The first-order valence-corrected chi connectivity index (χ1v) is 8.47. The number of urea groups is 1. The number of likely N-dealkylation sites (N-methyl/N-ethyl adjacent to an activating group) is 1. The molecule has 0 aliphatic heterocycles. The molecule has 0 saturated heterocycles. The minimum atomic E-state index is -0.530. The number of amides is 2. The van der Waals surface area contributed by atoms with Crippen molar-refractivity contribution in [1.82, 2.24) is 10.2 Å². The van der Waals surface area contributed by atoms with Crippen molar-refractivity contribution in [2.45, 2.75) is 57.8 Å². The molecule has 1 unspecified atom stereocenters. The molecule has 23 heavy (non-hydrogen) atoms. The van der Waals surface area contributed by atoms with Gasteiger partial charge in [-0.1, -0.05) is 18.6 Å². The lowest BCUT2D eigenvalue weighted by molar-refractivity contribution is 0.143. The molecular weight excluding hydrogens is 292 g/mol. The van der Waals surface area contributed by atoms with E-state index in [2.05, 4.69) is 5.32 Å². The molecular formula is C18H28N2O3. The molecule has 128 valence electrons. The van der Waals surface area contributed by atoms with Gasteiger partial charge in [0.1, 0.15) is 5.75 Å². The Balaban J connectivity index is 1.83. The number of nitrogens with one attached hydrogen (secondary N) is 1. The third kappa shape index (κ3) is 6.10. The second-order valence-electron chi connectivity index (χ2n) is 6.41. The van der Waals surface area contributed by atoms with Crippen molar-refractivity contribution in [3.63, 3.8) is 0 Å². The second-order valence-corrected chi connectivity index (χ2v) is 6.41. The normalized spacial score (nSPS) is 16.7. The van der Waals surface area contributed by atoms with E-state index in [0.717, 1.165) is 24.2 Å². The quantitative estimate of drug-likeness (QED) is 0.847. The predicted molar refractivity (Wildman–Crippen MR) is 90.5 cm³/mol. The van der Waals surface area contributed by atoms with Gasteiger partial charge >= 0.3 is 6.03 Å². The number of carbonyl (C=O) groups is 1. The van der Waals surface area contributed by atoms with Gasteiger partial charge in [0, 0.05) is 20.1 Å². The highest BCUT2D eigenvalue weighted by Crippen LogP contribution is 2.23. The number of rotatable bonds is 6. The Morgan fingerprint density at radius 2 is 2.13 bits per heavy atom. The van der Waals surface area contributed by atoms with Gasteiger partial charge in [-0.25, -0.2) is 4.79 Å². The van der Waals surface area contributed by atoms with Crippen LogP contribution in [0.2, 0.25) is 0 Å². The molecule has 1 atom stereocenters. The average Bonchev–Trinajstić information content (AvgIpc) is 2.53. The van der Waals surface area contributed by atoms with E-state index >= 15 is 0 Å². The number of nitrogens with zero attached hydrogens (tertiary/aromatic N) is 1. The highest BCUT2D eigenvalue weighted by molar-refractivity contribution is 5.73. The van der Waals surface area contributed by atoms with E-state index in [4.69, 9.17) is 4.74 Å². The summed E-state index contributed by atoms with van der Waals surface area (Å²) in [4.78, 5) is 13.4. The topological polar surface area (TPSA) is 61.8 Å². The number of hydrogen-bond acceptors (Lipinski definition) is 3. The van der Waals surface area contributed by atoms with Gasteiger partial charge in [0.05, 0.1) is 12.2 Å². The number of carbonyl (C=O) groups excluding carboxylic acids is 1. The molecule has 0 heterocycles. The Bertz CT molecular complexity index is 499. The summed E-state index contributed by atoms with van der Waals surface area (Å²) < 4.78 is 6.05. The van der Waals surface area contributed by atoms with Gasteiger partial charge in [-0.2, -0.15) is 0 Å². The van der Waals surface area contributed by atoms with Gasteiger partial charge in [0.25, 0.3) is 0 Å². The van der Waals surface area contributed by atoms with Crippen molar-refractivity contribution >= 4 is 6.03 Å². The number of aliphatic hydroxyl groups excluding tert-OH is 1. The summed E-state index contributed by atoms with van der Waals surface area (Å²) in [6.07, 6.45) is 5.86. The largest absolute Gasteiger partial charge is 0.490 e. The lowest BCUT2D eigenvalue weighted by Crippen LogP contribution is -2.40. The van der Waals surface area contributed by atoms with Crippen molar-refractivity contribution in [2.75, 3.05) is 13.6 Å². The van der Waals surface area contributed by atoms with Crippen molar-refractivity contribution in [2.24, 2.45) is 0 Å². The summed E-state index contributed by atoms with van der Waals surface area (Å²) in [7, 11) is 1.67. The maximum atomic E-state index is 11.9. The van der Waals surface area contributed by atoms with E-state index in [9.17, 15) is 9.90 Å². The Morgan fingerprint density at radius 3 is 2.83 bits per heavy atom. The molecule has 0 aromatic heterocycles.